The van der Waals surface area contributed by atoms with Crippen LogP contribution in [0.1, 0.15) is 18.1 Å². The molecule has 2 amide bonds. The molecule has 7 nitrogen and oxygen atoms in total. The number of halogens is 2. The summed E-state index contributed by atoms with van der Waals surface area (Å²) in [4.78, 5) is 40.6. The SMILES string of the molecule is CCOC(=O)C1=NNC2(c3ccc(C)cc3)C(=O)N(c3ccc(Cl)c(Cl)c3)C(=O)C12. The van der Waals surface area contributed by atoms with Crippen LogP contribution in [-0.2, 0) is 24.7 Å². The fraction of sp³-hybridized carbons (Fsp3) is 0.238. The third kappa shape index (κ3) is 2.88. The summed E-state index contributed by atoms with van der Waals surface area (Å²) in [6.07, 6.45) is 0. The third-order valence-electron chi connectivity index (χ3n) is 5.22. The van der Waals surface area contributed by atoms with Crippen molar-refractivity contribution in [3.05, 3.63) is 63.6 Å². The zero-order valence-corrected chi connectivity index (χ0v) is 17.6. The van der Waals surface area contributed by atoms with Gasteiger partial charge in [-0.2, -0.15) is 5.10 Å². The van der Waals surface area contributed by atoms with E-state index in [2.05, 4.69) is 10.5 Å². The summed E-state index contributed by atoms with van der Waals surface area (Å²) in [6, 6.07) is 11.6. The Kier molecular flexibility index (Phi) is 5.03. The first kappa shape index (κ1) is 20.4. The molecule has 2 aliphatic heterocycles. The quantitative estimate of drug-likeness (QED) is 0.576. The highest BCUT2D eigenvalue weighted by Crippen LogP contribution is 2.45. The molecule has 0 aromatic heterocycles. The van der Waals surface area contributed by atoms with Crippen molar-refractivity contribution in [3.63, 3.8) is 0 Å². The fourth-order valence-electron chi connectivity index (χ4n) is 3.77. The number of imide groups is 1. The molecule has 0 bridgehead atoms. The molecule has 30 heavy (non-hydrogen) atoms. The predicted octanol–water partition coefficient (Wildman–Crippen LogP) is 3.21. The Morgan fingerprint density at radius 3 is 2.50 bits per heavy atom. The summed E-state index contributed by atoms with van der Waals surface area (Å²) in [6.45, 7) is 3.67. The van der Waals surface area contributed by atoms with Crippen molar-refractivity contribution >= 4 is 52.4 Å². The van der Waals surface area contributed by atoms with E-state index in [0.717, 1.165) is 10.5 Å². The molecule has 2 aromatic carbocycles. The molecule has 0 spiro atoms. The number of nitrogens with one attached hydrogen (secondary N) is 1. The lowest BCUT2D eigenvalue weighted by Gasteiger charge is -2.26. The molecular weight excluding hydrogens is 429 g/mol. The smallest absolute Gasteiger partial charge is 0.355 e. The maximum Gasteiger partial charge on any atom is 0.355 e. The molecule has 1 fully saturated rings. The molecule has 9 heteroatoms. The van der Waals surface area contributed by atoms with E-state index in [1.54, 1.807) is 19.1 Å². The van der Waals surface area contributed by atoms with E-state index in [1.807, 2.05) is 19.1 Å². The number of ether oxygens (including phenoxy) is 1. The van der Waals surface area contributed by atoms with Gasteiger partial charge in [0.1, 0.15) is 5.92 Å². The molecular formula is C21H17Cl2N3O4. The van der Waals surface area contributed by atoms with Crippen LogP contribution in [-0.4, -0.2) is 30.1 Å². The molecule has 2 aliphatic rings. The number of nitrogens with zero attached hydrogens (tertiary/aromatic N) is 2. The number of amides is 2. The molecule has 1 saturated heterocycles. The molecule has 154 valence electrons. The summed E-state index contributed by atoms with van der Waals surface area (Å²) < 4.78 is 5.06. The first-order chi connectivity index (χ1) is 14.3. The van der Waals surface area contributed by atoms with Gasteiger partial charge >= 0.3 is 5.97 Å². The van der Waals surface area contributed by atoms with Gasteiger partial charge < -0.3 is 4.74 Å². The Balaban J connectivity index is 1.87. The van der Waals surface area contributed by atoms with Crippen LogP contribution in [0, 0.1) is 12.8 Å². The number of esters is 1. The number of carbonyl (C=O) groups excluding carboxylic acids is 3. The Labute approximate surface area is 182 Å². The zero-order chi connectivity index (χ0) is 21.6. The molecule has 0 aliphatic carbocycles. The Morgan fingerprint density at radius 1 is 1.17 bits per heavy atom. The first-order valence-electron chi connectivity index (χ1n) is 9.23. The van der Waals surface area contributed by atoms with Crippen LogP contribution in [0.3, 0.4) is 0 Å². The van der Waals surface area contributed by atoms with E-state index in [4.69, 9.17) is 27.9 Å². The van der Waals surface area contributed by atoms with Crippen LogP contribution < -0.4 is 10.3 Å². The highest BCUT2D eigenvalue weighted by Gasteiger charge is 2.67. The number of aryl methyl sites for hydroxylation is 1. The Morgan fingerprint density at radius 2 is 1.87 bits per heavy atom. The van der Waals surface area contributed by atoms with Crippen LogP contribution in [0.25, 0.3) is 0 Å². The van der Waals surface area contributed by atoms with Gasteiger partial charge in [-0.1, -0.05) is 53.0 Å². The molecule has 1 N–H and O–H groups in total. The molecule has 2 aromatic rings. The highest BCUT2D eigenvalue weighted by atomic mass is 35.5. The lowest BCUT2D eigenvalue weighted by atomic mass is 9.78. The number of rotatable bonds is 4. The van der Waals surface area contributed by atoms with Crippen LogP contribution in [0.15, 0.2) is 47.6 Å². The maximum absolute atomic E-state index is 13.7. The number of hydrogen-bond donors (Lipinski definition) is 1. The molecule has 4 rings (SSSR count). The minimum Gasteiger partial charge on any atom is -0.461 e. The van der Waals surface area contributed by atoms with E-state index < -0.39 is 29.2 Å². The van der Waals surface area contributed by atoms with Gasteiger partial charge in [0.05, 0.1) is 22.3 Å². The van der Waals surface area contributed by atoms with Gasteiger partial charge in [-0.05, 0) is 37.6 Å². The molecule has 2 unspecified atom stereocenters. The normalized spacial score (nSPS) is 22.6. The second-order valence-electron chi connectivity index (χ2n) is 7.01. The number of carbonyl (C=O) groups is 3. The first-order valence-corrected chi connectivity index (χ1v) is 9.99. The Bertz CT molecular complexity index is 1100. The lowest BCUT2D eigenvalue weighted by Crippen LogP contribution is -2.48. The van der Waals surface area contributed by atoms with Gasteiger partial charge in [-0.3, -0.25) is 15.0 Å². The minimum atomic E-state index is -1.56. The Hall–Kier alpha value is -2.90. The monoisotopic (exact) mass is 445 g/mol. The predicted molar refractivity (Wildman–Crippen MR) is 113 cm³/mol. The summed E-state index contributed by atoms with van der Waals surface area (Å²) in [5.74, 6) is -3.10. The van der Waals surface area contributed by atoms with Gasteiger partial charge in [-0.25, -0.2) is 9.69 Å². The van der Waals surface area contributed by atoms with E-state index in [-0.39, 0.29) is 23.0 Å². The second-order valence-corrected chi connectivity index (χ2v) is 7.83. The van der Waals surface area contributed by atoms with E-state index in [0.29, 0.717) is 10.6 Å². The van der Waals surface area contributed by atoms with Gasteiger partial charge in [0.25, 0.3) is 5.91 Å². The number of fused-ring (bicyclic) bond motifs is 1. The van der Waals surface area contributed by atoms with Crippen molar-refractivity contribution in [2.45, 2.75) is 19.4 Å². The number of hydrogen-bond acceptors (Lipinski definition) is 6. The zero-order valence-electron chi connectivity index (χ0n) is 16.1. The van der Waals surface area contributed by atoms with Gasteiger partial charge in [-0.15, -0.1) is 0 Å². The average molecular weight is 446 g/mol. The van der Waals surface area contributed by atoms with Crippen molar-refractivity contribution in [2.75, 3.05) is 11.5 Å². The topological polar surface area (TPSA) is 88.1 Å². The van der Waals surface area contributed by atoms with Crippen LogP contribution in [0.4, 0.5) is 5.69 Å². The van der Waals surface area contributed by atoms with Crippen molar-refractivity contribution in [2.24, 2.45) is 11.0 Å². The highest BCUT2D eigenvalue weighted by molar-refractivity contribution is 6.47. The second kappa shape index (κ2) is 7.41. The van der Waals surface area contributed by atoms with Crippen molar-refractivity contribution < 1.29 is 19.1 Å². The van der Waals surface area contributed by atoms with Crippen LogP contribution >= 0.6 is 23.2 Å². The third-order valence-corrected chi connectivity index (χ3v) is 5.96. The number of benzene rings is 2. The van der Waals surface area contributed by atoms with Crippen molar-refractivity contribution in [3.8, 4) is 0 Å². The minimum absolute atomic E-state index is 0.112. The van der Waals surface area contributed by atoms with E-state index in [9.17, 15) is 14.4 Å². The summed E-state index contributed by atoms with van der Waals surface area (Å²) in [5, 5.41) is 4.54. The largest absolute Gasteiger partial charge is 0.461 e. The maximum atomic E-state index is 13.7. The van der Waals surface area contributed by atoms with E-state index >= 15 is 0 Å². The molecule has 2 heterocycles. The standard InChI is InChI=1S/C21H17Cl2N3O4/c1-3-30-19(28)17-16-18(27)26(13-8-9-14(22)15(23)10-13)20(29)21(16,25-24-17)12-6-4-11(2)5-7-12/h4-10,16,25H,3H2,1-2H3. The van der Waals surface area contributed by atoms with E-state index in [1.165, 1.54) is 18.2 Å². The van der Waals surface area contributed by atoms with Crippen molar-refractivity contribution in [1.29, 1.82) is 0 Å². The van der Waals surface area contributed by atoms with Crippen LogP contribution in [0.2, 0.25) is 10.0 Å². The van der Waals surface area contributed by atoms with Crippen molar-refractivity contribution in [1.82, 2.24) is 5.43 Å². The van der Waals surface area contributed by atoms with Gasteiger partial charge in [0.2, 0.25) is 5.91 Å². The molecule has 0 radical (unpaired) electrons. The summed E-state index contributed by atoms with van der Waals surface area (Å²) in [5.41, 5.74) is 2.83. The van der Waals surface area contributed by atoms with Gasteiger partial charge in [0, 0.05) is 0 Å². The fourth-order valence-corrected chi connectivity index (χ4v) is 4.06. The molecule has 2 atom stereocenters. The summed E-state index contributed by atoms with van der Waals surface area (Å²) in [7, 11) is 0. The summed E-state index contributed by atoms with van der Waals surface area (Å²) >= 11 is 12.1. The molecule has 0 saturated carbocycles. The number of hydrazone groups is 1. The van der Waals surface area contributed by atoms with Gasteiger partial charge in [0.15, 0.2) is 11.3 Å². The lowest BCUT2D eigenvalue weighted by molar-refractivity contribution is -0.136. The van der Waals surface area contributed by atoms with Crippen LogP contribution in [0.5, 0.6) is 0 Å². The number of anilines is 1. The average Bonchev–Trinajstić information content (AvgIpc) is 3.21.